The third-order valence-electron chi connectivity index (χ3n) is 2.12. The fraction of sp³-hybridized carbons (Fsp3) is 0.778. The van der Waals surface area contributed by atoms with E-state index in [-0.39, 0.29) is 6.10 Å². The molecule has 62 valence electrons. The van der Waals surface area contributed by atoms with Gasteiger partial charge in [-0.25, -0.2) is 0 Å². The summed E-state index contributed by atoms with van der Waals surface area (Å²) >= 11 is 0. The molecule has 2 heteroatoms. The Labute approximate surface area is 67.9 Å². The minimum Gasteiger partial charge on any atom is -0.339 e. The summed E-state index contributed by atoms with van der Waals surface area (Å²) in [5.41, 5.74) is 0. The summed E-state index contributed by atoms with van der Waals surface area (Å²) < 4.78 is 10.6. The molecule has 0 aromatic carbocycles. The standard InChI is InChI=1S/C9H14O2/c1-4-7(3)8-6-10-9(5-2)11-8/h2,7-9H,4,6H2,1,3H3/t7-,8?,9?/m0/s1. The van der Waals surface area contributed by atoms with Crippen LogP contribution in [0, 0.1) is 18.3 Å². The molecule has 11 heavy (non-hydrogen) atoms. The van der Waals surface area contributed by atoms with Gasteiger partial charge in [-0.05, 0) is 11.8 Å². The summed E-state index contributed by atoms with van der Waals surface area (Å²) in [7, 11) is 0. The second-order valence-corrected chi connectivity index (χ2v) is 2.89. The normalized spacial score (nSPS) is 33.2. The zero-order valence-corrected chi connectivity index (χ0v) is 7.04. The van der Waals surface area contributed by atoms with Gasteiger partial charge in [-0.3, -0.25) is 0 Å². The van der Waals surface area contributed by atoms with Gasteiger partial charge in [0.1, 0.15) is 0 Å². The van der Waals surface area contributed by atoms with Crippen LogP contribution in [-0.4, -0.2) is 19.0 Å². The molecule has 0 N–H and O–H groups in total. The molecule has 2 nitrogen and oxygen atoms in total. The monoisotopic (exact) mass is 154 g/mol. The average Bonchev–Trinajstić information content (AvgIpc) is 2.50. The lowest BCUT2D eigenvalue weighted by molar-refractivity contribution is -0.0229. The molecule has 0 bridgehead atoms. The first-order valence-corrected chi connectivity index (χ1v) is 4.01. The smallest absolute Gasteiger partial charge is 0.222 e. The van der Waals surface area contributed by atoms with Crippen LogP contribution in [0.3, 0.4) is 0 Å². The molecule has 1 aliphatic rings. The van der Waals surface area contributed by atoms with Gasteiger partial charge >= 0.3 is 0 Å². The van der Waals surface area contributed by atoms with Crippen LogP contribution in [0.25, 0.3) is 0 Å². The van der Waals surface area contributed by atoms with Crippen LogP contribution in [0.2, 0.25) is 0 Å². The molecule has 0 amide bonds. The molecule has 3 atom stereocenters. The van der Waals surface area contributed by atoms with Crippen molar-refractivity contribution in [1.29, 1.82) is 0 Å². The minimum absolute atomic E-state index is 0.195. The van der Waals surface area contributed by atoms with Gasteiger partial charge < -0.3 is 9.47 Å². The second kappa shape index (κ2) is 3.75. The van der Waals surface area contributed by atoms with Crippen molar-refractivity contribution in [3.05, 3.63) is 0 Å². The van der Waals surface area contributed by atoms with Gasteiger partial charge in [-0.2, -0.15) is 0 Å². The SMILES string of the molecule is C#CC1OCC([C@@H](C)CC)O1. The Balaban J connectivity index is 2.36. The number of hydrogen-bond acceptors (Lipinski definition) is 2. The van der Waals surface area contributed by atoms with Gasteiger partial charge in [0.25, 0.3) is 0 Å². The van der Waals surface area contributed by atoms with Crippen LogP contribution < -0.4 is 0 Å². The zero-order valence-electron chi connectivity index (χ0n) is 7.04. The van der Waals surface area contributed by atoms with E-state index in [2.05, 4.69) is 19.8 Å². The lowest BCUT2D eigenvalue weighted by Gasteiger charge is -2.14. The lowest BCUT2D eigenvalue weighted by atomic mass is 10.0. The first-order chi connectivity index (χ1) is 5.27. The summed E-state index contributed by atoms with van der Waals surface area (Å²) in [6.07, 6.45) is 6.03. The van der Waals surface area contributed by atoms with Gasteiger partial charge in [-0.15, -0.1) is 6.42 Å². The molecular formula is C9H14O2. The molecule has 0 aromatic heterocycles. The lowest BCUT2D eigenvalue weighted by Crippen LogP contribution is -2.20. The molecule has 0 saturated carbocycles. The summed E-state index contributed by atoms with van der Waals surface area (Å²) in [6, 6.07) is 0. The first-order valence-electron chi connectivity index (χ1n) is 4.01. The van der Waals surface area contributed by atoms with Gasteiger partial charge in [-0.1, -0.05) is 20.3 Å². The van der Waals surface area contributed by atoms with E-state index in [9.17, 15) is 0 Å². The van der Waals surface area contributed by atoms with Crippen LogP contribution in [-0.2, 0) is 9.47 Å². The molecular weight excluding hydrogens is 140 g/mol. The number of rotatable bonds is 2. The number of hydrogen-bond donors (Lipinski definition) is 0. The molecule has 1 saturated heterocycles. The van der Waals surface area contributed by atoms with E-state index in [1.807, 2.05) is 0 Å². The van der Waals surface area contributed by atoms with Crippen LogP contribution in [0.4, 0.5) is 0 Å². The first kappa shape index (κ1) is 8.58. The molecule has 0 spiro atoms. The number of terminal acetylenes is 1. The minimum atomic E-state index is -0.408. The Morgan fingerprint density at radius 2 is 2.45 bits per heavy atom. The molecule has 0 aromatic rings. The summed E-state index contributed by atoms with van der Waals surface area (Å²) in [6.45, 7) is 4.92. The average molecular weight is 154 g/mol. The molecule has 1 rings (SSSR count). The molecule has 1 heterocycles. The van der Waals surface area contributed by atoms with E-state index in [0.717, 1.165) is 6.42 Å². The van der Waals surface area contributed by atoms with Crippen molar-refractivity contribution in [3.8, 4) is 12.3 Å². The van der Waals surface area contributed by atoms with E-state index in [4.69, 9.17) is 15.9 Å². The van der Waals surface area contributed by atoms with Crippen LogP contribution in [0.1, 0.15) is 20.3 Å². The Morgan fingerprint density at radius 3 is 2.91 bits per heavy atom. The van der Waals surface area contributed by atoms with Crippen molar-refractivity contribution in [1.82, 2.24) is 0 Å². The topological polar surface area (TPSA) is 18.5 Å². The summed E-state index contributed by atoms with van der Waals surface area (Å²) in [5.74, 6) is 2.96. The van der Waals surface area contributed by atoms with Gasteiger partial charge in [0.05, 0.1) is 12.7 Å². The van der Waals surface area contributed by atoms with Gasteiger partial charge in [0.2, 0.25) is 6.29 Å². The highest BCUT2D eigenvalue weighted by Gasteiger charge is 2.27. The predicted octanol–water partition coefficient (Wildman–Crippen LogP) is 1.41. The van der Waals surface area contributed by atoms with E-state index >= 15 is 0 Å². The Hall–Kier alpha value is -0.520. The van der Waals surface area contributed by atoms with Crippen LogP contribution >= 0.6 is 0 Å². The second-order valence-electron chi connectivity index (χ2n) is 2.89. The fourth-order valence-electron chi connectivity index (χ4n) is 1.07. The Morgan fingerprint density at radius 1 is 1.73 bits per heavy atom. The van der Waals surface area contributed by atoms with Crippen molar-refractivity contribution in [2.45, 2.75) is 32.7 Å². The Kier molecular flexibility index (Phi) is 2.92. The van der Waals surface area contributed by atoms with Crippen molar-refractivity contribution < 1.29 is 9.47 Å². The third-order valence-corrected chi connectivity index (χ3v) is 2.12. The van der Waals surface area contributed by atoms with Gasteiger partial charge in [0, 0.05) is 0 Å². The quantitative estimate of drug-likeness (QED) is 0.560. The fourth-order valence-corrected chi connectivity index (χ4v) is 1.07. The highest BCUT2D eigenvalue weighted by Crippen LogP contribution is 2.19. The Bertz CT molecular complexity index is 159. The highest BCUT2D eigenvalue weighted by atomic mass is 16.7. The van der Waals surface area contributed by atoms with Gasteiger partial charge in [0.15, 0.2) is 0 Å². The maximum absolute atomic E-state index is 5.40. The van der Waals surface area contributed by atoms with Crippen molar-refractivity contribution in [2.75, 3.05) is 6.61 Å². The van der Waals surface area contributed by atoms with Crippen LogP contribution in [0.15, 0.2) is 0 Å². The van der Waals surface area contributed by atoms with Crippen LogP contribution in [0.5, 0.6) is 0 Å². The maximum atomic E-state index is 5.40. The summed E-state index contributed by atoms with van der Waals surface area (Å²) in [4.78, 5) is 0. The molecule has 0 radical (unpaired) electrons. The van der Waals surface area contributed by atoms with Crippen molar-refractivity contribution in [3.63, 3.8) is 0 Å². The molecule has 1 fully saturated rings. The predicted molar refractivity (Wildman–Crippen MR) is 42.9 cm³/mol. The highest BCUT2D eigenvalue weighted by molar-refractivity contribution is 4.92. The van der Waals surface area contributed by atoms with Crippen molar-refractivity contribution >= 4 is 0 Å². The van der Waals surface area contributed by atoms with E-state index in [1.54, 1.807) is 0 Å². The van der Waals surface area contributed by atoms with E-state index < -0.39 is 6.29 Å². The van der Waals surface area contributed by atoms with E-state index in [1.165, 1.54) is 0 Å². The largest absolute Gasteiger partial charge is 0.339 e. The van der Waals surface area contributed by atoms with Crippen molar-refractivity contribution in [2.24, 2.45) is 5.92 Å². The zero-order chi connectivity index (χ0) is 8.27. The molecule has 0 aliphatic carbocycles. The maximum Gasteiger partial charge on any atom is 0.222 e. The molecule has 2 unspecified atom stereocenters. The van der Waals surface area contributed by atoms with E-state index in [0.29, 0.717) is 12.5 Å². The third kappa shape index (κ3) is 1.95. The number of ether oxygens (including phenoxy) is 2. The molecule has 1 aliphatic heterocycles. The summed E-state index contributed by atoms with van der Waals surface area (Å²) in [5, 5.41) is 0.